The average Bonchev–Trinajstić information content (AvgIpc) is 3.48. The predicted molar refractivity (Wildman–Crippen MR) is 167 cm³/mol. The van der Waals surface area contributed by atoms with Crippen LogP contribution >= 0.6 is 0 Å². The Kier molecular flexibility index (Phi) is 9.79. The largest absolute Gasteiger partial charge is 0.369 e. The summed E-state index contributed by atoms with van der Waals surface area (Å²) in [6.07, 6.45) is 12.4. The first-order valence-corrected chi connectivity index (χ1v) is 14.9. The van der Waals surface area contributed by atoms with Crippen LogP contribution in [0.4, 0.5) is 22.4 Å². The zero-order chi connectivity index (χ0) is 30.0. The van der Waals surface area contributed by atoms with Crippen molar-refractivity contribution < 1.29 is 4.79 Å². The van der Waals surface area contributed by atoms with Gasteiger partial charge >= 0.3 is 6.03 Å². The maximum Gasteiger partial charge on any atom is 0.323 e. The minimum absolute atomic E-state index is 0.0151. The fourth-order valence-electron chi connectivity index (χ4n) is 5.30. The van der Waals surface area contributed by atoms with Gasteiger partial charge in [-0.1, -0.05) is 43.7 Å². The highest BCUT2D eigenvalue weighted by molar-refractivity contribution is 5.91. The second kappa shape index (κ2) is 14.3. The Morgan fingerprint density at radius 3 is 2.53 bits per heavy atom. The fourth-order valence-corrected chi connectivity index (χ4v) is 5.30. The van der Waals surface area contributed by atoms with E-state index < -0.39 is 0 Å². The van der Waals surface area contributed by atoms with Crippen molar-refractivity contribution in [3.05, 3.63) is 78.4 Å². The van der Waals surface area contributed by atoms with Crippen molar-refractivity contribution in [3.8, 4) is 17.2 Å². The molecule has 0 bridgehead atoms. The summed E-state index contributed by atoms with van der Waals surface area (Å²) < 4.78 is 1.76. The number of unbranched alkanes of at least 4 members (excludes halogenated alkanes) is 1. The molecular weight excluding hydrogens is 540 g/mol. The molecule has 0 unspecified atom stereocenters. The Balaban J connectivity index is 1.27. The average molecular weight is 579 g/mol. The summed E-state index contributed by atoms with van der Waals surface area (Å²) in [6.45, 7) is 3.31. The Morgan fingerprint density at radius 2 is 1.86 bits per heavy atom. The first-order valence-electron chi connectivity index (χ1n) is 14.9. The zero-order valence-electron chi connectivity index (χ0n) is 24.7. The summed E-state index contributed by atoms with van der Waals surface area (Å²) in [5.74, 6) is 1.68. The van der Waals surface area contributed by atoms with E-state index in [-0.39, 0.29) is 18.1 Å². The highest BCUT2D eigenvalue weighted by Gasteiger charge is 2.31. The molecule has 0 aliphatic heterocycles. The summed E-state index contributed by atoms with van der Waals surface area (Å²) in [6, 6.07) is 15.9. The SMILES string of the molecule is CCCCNc1nc(N[C@H]2CC[C@H](N(C(=O)NCc3ccccc3)c3ccc(-c4cnn(C)c4)cn3)CC2)ncc1C#N. The van der Waals surface area contributed by atoms with Crippen LogP contribution in [0.2, 0.25) is 0 Å². The van der Waals surface area contributed by atoms with E-state index in [1.54, 1.807) is 28.2 Å². The molecule has 1 aliphatic rings. The Morgan fingerprint density at radius 1 is 1.05 bits per heavy atom. The number of pyridine rings is 1. The number of nitrogens with zero attached hydrogens (tertiary/aromatic N) is 7. The molecule has 1 saturated carbocycles. The number of hydrogen-bond acceptors (Lipinski definition) is 8. The molecule has 222 valence electrons. The van der Waals surface area contributed by atoms with Gasteiger partial charge in [0.25, 0.3) is 0 Å². The van der Waals surface area contributed by atoms with Gasteiger partial charge in [0.1, 0.15) is 23.3 Å². The second-order valence-corrected chi connectivity index (χ2v) is 10.8. The van der Waals surface area contributed by atoms with Crippen molar-refractivity contribution in [1.29, 1.82) is 5.26 Å². The molecule has 1 fully saturated rings. The van der Waals surface area contributed by atoms with E-state index in [1.807, 2.05) is 55.7 Å². The lowest BCUT2D eigenvalue weighted by atomic mass is 9.90. The van der Waals surface area contributed by atoms with Crippen LogP contribution in [-0.2, 0) is 13.6 Å². The van der Waals surface area contributed by atoms with Gasteiger partial charge in [0.05, 0.1) is 12.4 Å². The van der Waals surface area contributed by atoms with E-state index >= 15 is 0 Å². The van der Waals surface area contributed by atoms with Crippen LogP contribution in [0.5, 0.6) is 0 Å². The van der Waals surface area contributed by atoms with Gasteiger partial charge in [0.2, 0.25) is 5.95 Å². The van der Waals surface area contributed by atoms with Crippen molar-refractivity contribution >= 4 is 23.6 Å². The lowest BCUT2D eigenvalue weighted by Crippen LogP contribution is -2.49. The monoisotopic (exact) mass is 578 g/mol. The summed E-state index contributed by atoms with van der Waals surface area (Å²) in [7, 11) is 1.88. The molecule has 0 saturated heterocycles. The maximum atomic E-state index is 13.6. The van der Waals surface area contributed by atoms with Crippen LogP contribution in [0.1, 0.15) is 56.6 Å². The first-order chi connectivity index (χ1) is 21.0. The molecule has 3 heterocycles. The molecule has 11 nitrogen and oxygen atoms in total. The van der Waals surface area contributed by atoms with Gasteiger partial charge in [0, 0.05) is 55.7 Å². The van der Waals surface area contributed by atoms with Crippen molar-refractivity contribution in [2.75, 3.05) is 22.1 Å². The van der Waals surface area contributed by atoms with Gasteiger partial charge in [-0.2, -0.15) is 15.3 Å². The molecule has 4 aromatic rings. The molecule has 3 N–H and O–H groups in total. The molecule has 1 aliphatic carbocycles. The molecule has 43 heavy (non-hydrogen) atoms. The quantitative estimate of drug-likeness (QED) is 0.199. The Hall–Kier alpha value is -4.98. The smallest absolute Gasteiger partial charge is 0.323 e. The van der Waals surface area contributed by atoms with Crippen molar-refractivity contribution in [2.45, 2.75) is 64.1 Å². The van der Waals surface area contributed by atoms with Gasteiger partial charge in [0.15, 0.2) is 0 Å². The van der Waals surface area contributed by atoms with E-state index in [9.17, 15) is 10.1 Å². The van der Waals surface area contributed by atoms with Crippen molar-refractivity contribution in [2.24, 2.45) is 7.05 Å². The molecule has 1 aromatic carbocycles. The molecule has 0 radical (unpaired) electrons. The number of urea groups is 1. The third-order valence-electron chi connectivity index (χ3n) is 7.67. The summed E-state index contributed by atoms with van der Waals surface area (Å²) in [4.78, 5) is 29.1. The van der Waals surface area contributed by atoms with Gasteiger partial charge in [-0.3, -0.25) is 9.58 Å². The number of nitriles is 1. The summed E-state index contributed by atoms with van der Waals surface area (Å²) in [5.41, 5.74) is 3.39. The van der Waals surface area contributed by atoms with Crippen LogP contribution in [0.25, 0.3) is 11.1 Å². The molecule has 5 rings (SSSR count). The van der Waals surface area contributed by atoms with Crippen LogP contribution in [0.3, 0.4) is 0 Å². The second-order valence-electron chi connectivity index (χ2n) is 10.8. The van der Waals surface area contributed by atoms with Crippen LogP contribution in [0.15, 0.2) is 67.3 Å². The standard InChI is InChI=1S/C32H38N10O/c1-3-4-16-34-30-25(17-33)20-36-31(40-30)39-27-11-13-28(14-12-27)42(32(43)37-18-23-8-6-5-7-9-23)29-15-10-24(19-35-29)26-21-38-41(2)22-26/h5-10,15,19-22,27-28H,3-4,11-14,16,18H2,1-2H3,(H,37,43)(H2,34,36,39,40)/t27-,28-. The number of aryl methyl sites for hydroxylation is 1. The highest BCUT2D eigenvalue weighted by atomic mass is 16.2. The fraction of sp³-hybridized carbons (Fsp3) is 0.375. The molecule has 0 atom stereocenters. The number of anilines is 3. The van der Waals surface area contributed by atoms with Crippen LogP contribution in [-0.4, -0.2) is 49.4 Å². The van der Waals surface area contributed by atoms with Crippen molar-refractivity contribution in [1.82, 2.24) is 30.0 Å². The normalized spacial score (nSPS) is 16.2. The Labute approximate surface area is 252 Å². The van der Waals surface area contributed by atoms with Crippen LogP contribution in [0, 0.1) is 11.3 Å². The highest BCUT2D eigenvalue weighted by Crippen LogP contribution is 2.29. The maximum absolute atomic E-state index is 13.6. The molecular formula is C32H38N10O. The number of hydrogen-bond donors (Lipinski definition) is 3. The molecule has 0 spiro atoms. The third-order valence-corrected chi connectivity index (χ3v) is 7.67. The lowest BCUT2D eigenvalue weighted by Gasteiger charge is -2.36. The number of aromatic nitrogens is 5. The van der Waals surface area contributed by atoms with Gasteiger partial charge in [-0.15, -0.1) is 0 Å². The molecule has 11 heteroatoms. The number of nitrogens with one attached hydrogen (secondary N) is 3. The van der Waals surface area contributed by atoms with Gasteiger partial charge in [-0.05, 0) is 49.8 Å². The Bertz CT molecular complexity index is 1520. The van der Waals surface area contributed by atoms with E-state index in [0.29, 0.717) is 29.7 Å². The van der Waals surface area contributed by atoms with E-state index in [4.69, 9.17) is 4.98 Å². The number of amides is 2. The number of carbonyl (C=O) groups is 1. The summed E-state index contributed by atoms with van der Waals surface area (Å²) in [5, 5.41) is 23.5. The number of benzene rings is 1. The van der Waals surface area contributed by atoms with Gasteiger partial charge in [-0.25, -0.2) is 14.8 Å². The van der Waals surface area contributed by atoms with E-state index in [1.165, 1.54) is 0 Å². The van der Waals surface area contributed by atoms with E-state index in [2.05, 4.69) is 44.0 Å². The van der Waals surface area contributed by atoms with Gasteiger partial charge < -0.3 is 16.0 Å². The van der Waals surface area contributed by atoms with E-state index in [0.717, 1.165) is 61.8 Å². The van der Waals surface area contributed by atoms with Crippen molar-refractivity contribution in [3.63, 3.8) is 0 Å². The summed E-state index contributed by atoms with van der Waals surface area (Å²) >= 11 is 0. The lowest BCUT2D eigenvalue weighted by molar-refractivity contribution is 0.240. The zero-order valence-corrected chi connectivity index (χ0v) is 24.7. The molecule has 3 aromatic heterocycles. The molecule has 2 amide bonds. The third kappa shape index (κ3) is 7.65. The number of carbonyl (C=O) groups excluding carboxylic acids is 1. The first kappa shape index (κ1) is 29.5. The van der Waals surface area contributed by atoms with Crippen LogP contribution < -0.4 is 20.9 Å². The number of rotatable bonds is 11. The topological polar surface area (TPSA) is 137 Å². The minimum atomic E-state index is -0.167. The minimum Gasteiger partial charge on any atom is -0.369 e. The predicted octanol–water partition coefficient (Wildman–Crippen LogP) is 5.50.